The average Bonchev–Trinajstić information content (AvgIpc) is 3.00. The van der Waals surface area contributed by atoms with Gasteiger partial charge in [0.05, 0.1) is 18.6 Å². The van der Waals surface area contributed by atoms with Gasteiger partial charge in [0.1, 0.15) is 17.9 Å². The van der Waals surface area contributed by atoms with Crippen molar-refractivity contribution in [1.82, 2.24) is 5.32 Å². The SMILES string of the molecule is CO[C@H]1/C=C/C=C/C=C/C[C@H](OC(=O)[C@H](C)NC(=O)C2CCCCC2)[C@H](C)[C@@H](O)/C(C)=C\Cc2cc(O)cc(c2)NC(=O)C1. The van der Waals surface area contributed by atoms with E-state index in [9.17, 15) is 24.6 Å². The molecule has 240 valence electrons. The summed E-state index contributed by atoms with van der Waals surface area (Å²) >= 11 is 0. The smallest absolute Gasteiger partial charge is 0.328 e. The molecule has 1 aliphatic carbocycles. The first-order chi connectivity index (χ1) is 21.1. The van der Waals surface area contributed by atoms with E-state index >= 15 is 0 Å². The molecule has 1 fully saturated rings. The molecule has 0 aromatic heterocycles. The van der Waals surface area contributed by atoms with Crippen molar-refractivity contribution in [2.75, 3.05) is 12.4 Å². The van der Waals surface area contributed by atoms with Crippen molar-refractivity contribution in [2.24, 2.45) is 11.8 Å². The number of fused-ring (bicyclic) bond motifs is 2. The number of nitrogens with one attached hydrogen (secondary N) is 2. The lowest BCUT2D eigenvalue weighted by Crippen LogP contribution is -2.45. The topological polar surface area (TPSA) is 134 Å². The van der Waals surface area contributed by atoms with Crippen molar-refractivity contribution in [3.8, 4) is 5.75 Å². The van der Waals surface area contributed by atoms with Gasteiger partial charge in [-0.1, -0.05) is 68.7 Å². The molecule has 1 aromatic rings. The fourth-order valence-corrected chi connectivity index (χ4v) is 5.49. The van der Waals surface area contributed by atoms with Gasteiger partial charge in [0.15, 0.2) is 0 Å². The van der Waals surface area contributed by atoms with Gasteiger partial charge in [-0.25, -0.2) is 4.79 Å². The van der Waals surface area contributed by atoms with E-state index in [4.69, 9.17) is 9.47 Å². The lowest BCUT2D eigenvalue weighted by molar-refractivity contribution is -0.156. The standard InChI is InChI=1S/C35H48N2O7/c1-23-17-18-26-19-28(21-29(38)20-26)37-32(39)22-30(43-4)15-11-6-5-7-12-16-31(24(2)33(23)40)44-35(42)25(3)36-34(41)27-13-9-8-10-14-27/h5-7,11-12,15,17,19-21,24-25,27,30-31,33,38,40H,8-10,13-14,16,18,22H2,1-4H3,(H,36,41)(H,37,39)/b6-5+,12-7+,15-11+,23-17-/t24-,25-,30-,31-,33-/m0/s1. The minimum absolute atomic E-state index is 0.0108. The number of carbonyl (C=O) groups excluding carboxylic acids is 3. The third-order valence-electron chi connectivity index (χ3n) is 8.28. The van der Waals surface area contributed by atoms with Crippen LogP contribution in [0.25, 0.3) is 0 Å². The number of phenols is 1. The van der Waals surface area contributed by atoms with E-state index < -0.39 is 36.2 Å². The zero-order chi connectivity index (χ0) is 32.1. The molecule has 1 aliphatic heterocycles. The number of rotatable bonds is 5. The van der Waals surface area contributed by atoms with E-state index in [2.05, 4.69) is 10.6 Å². The number of esters is 1. The van der Waals surface area contributed by atoms with E-state index in [-0.39, 0.29) is 29.9 Å². The molecule has 0 saturated heterocycles. The number of hydrogen-bond donors (Lipinski definition) is 4. The molecule has 0 spiro atoms. The van der Waals surface area contributed by atoms with E-state index in [1.54, 1.807) is 44.2 Å². The largest absolute Gasteiger partial charge is 0.508 e. The highest BCUT2D eigenvalue weighted by molar-refractivity contribution is 5.91. The van der Waals surface area contributed by atoms with E-state index in [0.717, 1.165) is 37.7 Å². The third kappa shape index (κ3) is 11.1. The van der Waals surface area contributed by atoms with Gasteiger partial charge in [0.25, 0.3) is 0 Å². The minimum Gasteiger partial charge on any atom is -0.508 e. The number of phenolic OH excluding ortho intramolecular Hbond substituents is 1. The Morgan fingerprint density at radius 2 is 1.80 bits per heavy atom. The Morgan fingerprint density at radius 3 is 2.52 bits per heavy atom. The Balaban J connectivity index is 1.81. The summed E-state index contributed by atoms with van der Waals surface area (Å²) in [7, 11) is 1.53. The molecule has 1 saturated carbocycles. The minimum atomic E-state index is -0.917. The van der Waals surface area contributed by atoms with Gasteiger partial charge < -0.3 is 30.3 Å². The Bertz CT molecular complexity index is 1250. The quantitative estimate of drug-likeness (QED) is 0.264. The summed E-state index contributed by atoms with van der Waals surface area (Å²) in [4.78, 5) is 38.5. The number of aliphatic hydroxyl groups excluding tert-OH is 1. The summed E-state index contributed by atoms with van der Waals surface area (Å²) in [5.74, 6) is -1.43. The molecular weight excluding hydrogens is 560 g/mol. The van der Waals surface area contributed by atoms with Gasteiger partial charge in [0.2, 0.25) is 11.8 Å². The molecule has 4 N–H and O–H groups in total. The van der Waals surface area contributed by atoms with Gasteiger partial charge in [-0.15, -0.1) is 0 Å². The molecule has 0 radical (unpaired) electrons. The first kappa shape index (κ1) is 34.8. The maximum Gasteiger partial charge on any atom is 0.328 e. The predicted octanol–water partition coefficient (Wildman–Crippen LogP) is 5.29. The summed E-state index contributed by atoms with van der Waals surface area (Å²) in [6.07, 6.45) is 16.4. The van der Waals surface area contributed by atoms with Crippen LogP contribution in [-0.2, 0) is 30.3 Å². The van der Waals surface area contributed by atoms with Crippen molar-refractivity contribution in [1.29, 1.82) is 0 Å². The van der Waals surface area contributed by atoms with Crippen LogP contribution in [0.5, 0.6) is 5.75 Å². The summed E-state index contributed by atoms with van der Waals surface area (Å²) in [6.45, 7) is 5.27. The monoisotopic (exact) mass is 608 g/mol. The Labute approximate surface area is 261 Å². The van der Waals surface area contributed by atoms with Crippen molar-refractivity contribution in [3.63, 3.8) is 0 Å². The molecule has 9 nitrogen and oxygen atoms in total. The van der Waals surface area contributed by atoms with E-state index in [0.29, 0.717) is 24.1 Å². The average molecular weight is 609 g/mol. The molecule has 3 rings (SSSR count). The van der Waals surface area contributed by atoms with Crippen molar-refractivity contribution in [2.45, 2.75) is 96.5 Å². The fourth-order valence-electron chi connectivity index (χ4n) is 5.49. The lowest BCUT2D eigenvalue weighted by atomic mass is 9.88. The fraction of sp³-hybridized carbons (Fsp3) is 0.514. The Kier molecular flexibility index (Phi) is 13.9. The first-order valence-corrected chi connectivity index (χ1v) is 15.6. The Hall–Kier alpha value is -3.69. The molecule has 2 amide bonds. The number of benzene rings is 1. The zero-order valence-electron chi connectivity index (χ0n) is 26.3. The van der Waals surface area contributed by atoms with Crippen molar-refractivity contribution in [3.05, 3.63) is 71.9 Å². The first-order valence-electron chi connectivity index (χ1n) is 15.6. The van der Waals surface area contributed by atoms with Crippen LogP contribution in [0.1, 0.15) is 71.3 Å². The highest BCUT2D eigenvalue weighted by Gasteiger charge is 2.31. The second kappa shape index (κ2) is 17.6. The Morgan fingerprint density at radius 1 is 1.07 bits per heavy atom. The predicted molar refractivity (Wildman–Crippen MR) is 171 cm³/mol. The zero-order valence-corrected chi connectivity index (χ0v) is 26.3. The third-order valence-corrected chi connectivity index (χ3v) is 8.28. The number of methoxy groups -OCH3 is 1. The molecule has 2 aliphatic rings. The van der Waals surface area contributed by atoms with Crippen LogP contribution in [0.4, 0.5) is 5.69 Å². The summed E-state index contributed by atoms with van der Waals surface area (Å²) in [5.41, 5.74) is 1.88. The maximum absolute atomic E-state index is 13.1. The molecule has 1 aromatic carbocycles. The maximum atomic E-state index is 13.1. The molecule has 44 heavy (non-hydrogen) atoms. The van der Waals surface area contributed by atoms with Crippen LogP contribution in [-0.4, -0.2) is 59.5 Å². The molecule has 0 unspecified atom stereocenters. The van der Waals surface area contributed by atoms with Gasteiger partial charge >= 0.3 is 5.97 Å². The van der Waals surface area contributed by atoms with E-state index in [1.165, 1.54) is 13.2 Å². The molecule has 9 heteroatoms. The number of anilines is 1. The van der Waals surface area contributed by atoms with Crippen molar-refractivity contribution < 1.29 is 34.1 Å². The van der Waals surface area contributed by atoms with Crippen LogP contribution >= 0.6 is 0 Å². The van der Waals surface area contributed by atoms with Gasteiger partial charge in [-0.05, 0) is 56.4 Å². The summed E-state index contributed by atoms with van der Waals surface area (Å²) in [5, 5.41) is 27.2. The number of aromatic hydroxyl groups is 1. The highest BCUT2D eigenvalue weighted by Crippen LogP contribution is 2.26. The van der Waals surface area contributed by atoms with Crippen LogP contribution < -0.4 is 10.6 Å². The lowest BCUT2D eigenvalue weighted by Gasteiger charge is -2.29. The number of allylic oxidation sites excluding steroid dienone is 5. The van der Waals surface area contributed by atoms with Gasteiger partial charge in [0, 0.05) is 37.1 Å². The number of hydrogen-bond acceptors (Lipinski definition) is 7. The number of aliphatic hydroxyl groups is 1. The molecule has 2 bridgehead atoms. The van der Waals surface area contributed by atoms with E-state index in [1.807, 2.05) is 31.2 Å². The molecule has 1 heterocycles. The second-order valence-electron chi connectivity index (χ2n) is 11.8. The number of amides is 2. The number of ether oxygens (including phenoxy) is 2. The second-order valence-corrected chi connectivity index (χ2v) is 11.8. The van der Waals surface area contributed by atoms with Crippen LogP contribution in [0.3, 0.4) is 0 Å². The highest BCUT2D eigenvalue weighted by atomic mass is 16.5. The van der Waals surface area contributed by atoms with Crippen LogP contribution in [0, 0.1) is 11.8 Å². The van der Waals surface area contributed by atoms with Gasteiger partial charge in [-0.3, -0.25) is 9.59 Å². The summed E-state index contributed by atoms with van der Waals surface area (Å²) in [6, 6.07) is 4.04. The van der Waals surface area contributed by atoms with Crippen LogP contribution in [0.2, 0.25) is 0 Å². The van der Waals surface area contributed by atoms with Gasteiger partial charge in [-0.2, -0.15) is 0 Å². The van der Waals surface area contributed by atoms with Crippen LogP contribution in [0.15, 0.2) is 66.3 Å². The molecule has 5 atom stereocenters. The molecular formula is C35H48N2O7. The number of carbonyl (C=O) groups is 3. The van der Waals surface area contributed by atoms with Crippen molar-refractivity contribution >= 4 is 23.5 Å². The normalized spacial score (nSPS) is 28.3. The summed E-state index contributed by atoms with van der Waals surface area (Å²) < 4.78 is 11.3.